The summed E-state index contributed by atoms with van der Waals surface area (Å²) >= 11 is 6.24. The van der Waals surface area contributed by atoms with E-state index in [1.807, 2.05) is 0 Å². The lowest BCUT2D eigenvalue weighted by Gasteiger charge is -2.18. The Hall–Kier alpha value is -1.57. The number of rotatable bonds is 2. The van der Waals surface area contributed by atoms with E-state index < -0.39 is 8.80 Å². The van der Waals surface area contributed by atoms with Crippen LogP contribution < -0.4 is 5.19 Å². The molecular formula is C19H17ClSi. The van der Waals surface area contributed by atoms with Crippen LogP contribution in [0.5, 0.6) is 0 Å². The third kappa shape index (κ3) is 1.81. The average Bonchev–Trinajstić information content (AvgIpc) is 2.51. The molecular weight excluding hydrogens is 292 g/mol. The fourth-order valence-corrected chi connectivity index (χ4v) is 5.82. The first-order valence-corrected chi connectivity index (χ1v) is 10.9. The van der Waals surface area contributed by atoms with E-state index in [-0.39, 0.29) is 0 Å². The summed E-state index contributed by atoms with van der Waals surface area (Å²) in [5.74, 6) is 0.608. The maximum atomic E-state index is 6.24. The van der Waals surface area contributed by atoms with Crippen LogP contribution in [0.2, 0.25) is 13.1 Å². The smallest absolute Gasteiger partial charge is 0.0659 e. The van der Waals surface area contributed by atoms with E-state index in [1.54, 1.807) is 0 Å². The third-order valence-corrected chi connectivity index (χ3v) is 6.62. The molecule has 0 fully saturated rings. The van der Waals surface area contributed by atoms with E-state index in [4.69, 9.17) is 11.6 Å². The molecule has 4 aromatic rings. The molecule has 0 nitrogen and oxygen atoms in total. The number of hydrogen-bond donors (Lipinski definition) is 0. The normalized spacial score (nSPS) is 12.2. The fraction of sp³-hybridized carbons (Fsp3) is 0.158. The number of alkyl halides is 1. The van der Waals surface area contributed by atoms with Crippen LogP contribution in [0.3, 0.4) is 0 Å². The highest BCUT2D eigenvalue weighted by atomic mass is 35.5. The summed E-state index contributed by atoms with van der Waals surface area (Å²) in [5, 5.41) is 9.79. The van der Waals surface area contributed by atoms with Gasteiger partial charge in [0, 0.05) is 5.88 Å². The Labute approximate surface area is 131 Å². The highest BCUT2D eigenvalue weighted by Gasteiger charge is 2.16. The van der Waals surface area contributed by atoms with Gasteiger partial charge in [-0.25, -0.2) is 0 Å². The van der Waals surface area contributed by atoms with Crippen molar-refractivity contribution in [2.75, 3.05) is 0 Å². The molecule has 0 N–H and O–H groups in total. The Morgan fingerprint density at radius 1 is 0.857 bits per heavy atom. The number of benzene rings is 4. The molecule has 0 saturated heterocycles. The standard InChI is InChI=1S/C19H17ClSi/c1-21(2)19-15(11-20)10-14-7-6-12-4-3-5-13-8-9-16(19)18(14)17(12)13/h3-10,21H,11H2,1-2H3. The topological polar surface area (TPSA) is 0 Å². The molecule has 0 aromatic heterocycles. The van der Waals surface area contributed by atoms with E-state index in [1.165, 1.54) is 43.1 Å². The molecule has 21 heavy (non-hydrogen) atoms. The summed E-state index contributed by atoms with van der Waals surface area (Å²) in [5.41, 5.74) is 1.32. The van der Waals surface area contributed by atoms with Gasteiger partial charge in [-0.05, 0) is 37.9 Å². The van der Waals surface area contributed by atoms with E-state index in [0.717, 1.165) is 0 Å². The summed E-state index contributed by atoms with van der Waals surface area (Å²) in [6.07, 6.45) is 0. The van der Waals surface area contributed by atoms with Crippen LogP contribution in [0.4, 0.5) is 0 Å². The van der Waals surface area contributed by atoms with Gasteiger partial charge in [0.1, 0.15) is 0 Å². The lowest BCUT2D eigenvalue weighted by molar-refractivity contribution is 1.46. The second-order valence-electron chi connectivity index (χ2n) is 6.09. The Kier molecular flexibility index (Phi) is 2.95. The molecule has 2 heteroatoms. The zero-order valence-corrected chi connectivity index (χ0v) is 14.2. The second kappa shape index (κ2) is 4.72. The van der Waals surface area contributed by atoms with Crippen LogP contribution in [0.1, 0.15) is 5.56 Å². The first-order chi connectivity index (χ1) is 10.2. The highest BCUT2D eigenvalue weighted by molar-refractivity contribution is 6.74. The van der Waals surface area contributed by atoms with E-state index in [0.29, 0.717) is 5.88 Å². The summed E-state index contributed by atoms with van der Waals surface area (Å²) in [6, 6.07) is 17.9. The van der Waals surface area contributed by atoms with Gasteiger partial charge in [0.25, 0.3) is 0 Å². The van der Waals surface area contributed by atoms with E-state index >= 15 is 0 Å². The van der Waals surface area contributed by atoms with Crippen molar-refractivity contribution in [2.24, 2.45) is 0 Å². The third-order valence-electron chi connectivity index (χ3n) is 4.50. The average molecular weight is 309 g/mol. The van der Waals surface area contributed by atoms with Gasteiger partial charge in [-0.3, -0.25) is 0 Å². The summed E-state index contributed by atoms with van der Waals surface area (Å²) in [6.45, 7) is 4.78. The second-order valence-corrected chi connectivity index (χ2v) is 9.25. The van der Waals surface area contributed by atoms with Crippen LogP contribution in [0.15, 0.2) is 48.5 Å². The van der Waals surface area contributed by atoms with Crippen LogP contribution in [-0.2, 0) is 5.88 Å². The first kappa shape index (κ1) is 13.1. The zero-order chi connectivity index (χ0) is 14.6. The molecule has 104 valence electrons. The van der Waals surface area contributed by atoms with Gasteiger partial charge >= 0.3 is 0 Å². The minimum Gasteiger partial charge on any atom is -0.122 e. The van der Waals surface area contributed by atoms with Gasteiger partial charge in [-0.2, -0.15) is 0 Å². The van der Waals surface area contributed by atoms with Crippen molar-refractivity contribution in [3.05, 3.63) is 54.1 Å². The quantitative estimate of drug-likeness (QED) is 0.277. The Morgan fingerprint density at radius 3 is 2.19 bits per heavy atom. The van der Waals surface area contributed by atoms with Gasteiger partial charge in [0.05, 0.1) is 8.80 Å². The van der Waals surface area contributed by atoms with Crippen molar-refractivity contribution in [2.45, 2.75) is 19.0 Å². The van der Waals surface area contributed by atoms with Gasteiger partial charge in [0.15, 0.2) is 0 Å². The van der Waals surface area contributed by atoms with Crippen LogP contribution in [0, 0.1) is 0 Å². The van der Waals surface area contributed by atoms with Crippen LogP contribution in [0.25, 0.3) is 32.3 Å². The molecule has 4 aromatic carbocycles. The van der Waals surface area contributed by atoms with Gasteiger partial charge < -0.3 is 0 Å². The van der Waals surface area contributed by atoms with Crippen molar-refractivity contribution < 1.29 is 0 Å². The molecule has 0 saturated carbocycles. The van der Waals surface area contributed by atoms with E-state index in [9.17, 15) is 0 Å². The summed E-state index contributed by atoms with van der Waals surface area (Å²) < 4.78 is 0. The maximum Gasteiger partial charge on any atom is 0.0659 e. The molecule has 4 rings (SSSR count). The molecule has 0 atom stereocenters. The van der Waals surface area contributed by atoms with Crippen molar-refractivity contribution in [3.8, 4) is 0 Å². The van der Waals surface area contributed by atoms with E-state index in [2.05, 4.69) is 61.6 Å². The monoisotopic (exact) mass is 308 g/mol. The Morgan fingerprint density at radius 2 is 1.52 bits per heavy atom. The van der Waals surface area contributed by atoms with Crippen molar-refractivity contribution >= 4 is 57.9 Å². The predicted octanol–water partition coefficient (Wildman–Crippen LogP) is 5.02. The fourth-order valence-electron chi connectivity index (χ4n) is 3.68. The molecule has 0 heterocycles. The maximum absolute atomic E-state index is 6.24. The lowest BCUT2D eigenvalue weighted by atomic mass is 9.93. The minimum atomic E-state index is -0.937. The molecule has 0 aliphatic carbocycles. The van der Waals surface area contributed by atoms with Crippen molar-refractivity contribution in [3.63, 3.8) is 0 Å². The van der Waals surface area contributed by atoms with Gasteiger partial charge in [-0.1, -0.05) is 66.8 Å². The molecule has 0 spiro atoms. The van der Waals surface area contributed by atoms with Crippen molar-refractivity contribution in [1.29, 1.82) is 0 Å². The summed E-state index contributed by atoms with van der Waals surface area (Å²) in [7, 11) is -0.937. The molecule has 0 unspecified atom stereocenters. The minimum absolute atomic E-state index is 0.608. The molecule has 0 amide bonds. The highest BCUT2D eigenvalue weighted by Crippen LogP contribution is 2.34. The Balaban J connectivity index is 2.32. The predicted molar refractivity (Wildman–Crippen MR) is 98.2 cm³/mol. The van der Waals surface area contributed by atoms with Crippen molar-refractivity contribution in [1.82, 2.24) is 0 Å². The SMILES string of the molecule is C[SiH](C)c1c(CCl)cc2ccc3cccc4ccc1c2c34. The largest absolute Gasteiger partial charge is 0.122 e. The molecule has 0 aliphatic heterocycles. The zero-order valence-electron chi connectivity index (χ0n) is 12.3. The molecule has 0 radical (unpaired) electrons. The number of hydrogen-bond acceptors (Lipinski definition) is 0. The molecule has 0 bridgehead atoms. The summed E-state index contributed by atoms with van der Waals surface area (Å²) in [4.78, 5) is 0. The first-order valence-electron chi connectivity index (χ1n) is 7.46. The van der Waals surface area contributed by atoms with Crippen LogP contribution >= 0.6 is 11.6 Å². The van der Waals surface area contributed by atoms with Gasteiger partial charge in [0.2, 0.25) is 0 Å². The Bertz CT molecular complexity index is 940. The lowest BCUT2D eigenvalue weighted by Crippen LogP contribution is -2.27. The van der Waals surface area contributed by atoms with Gasteiger partial charge in [-0.15, -0.1) is 11.6 Å². The number of halogens is 1. The van der Waals surface area contributed by atoms with Crippen LogP contribution in [-0.4, -0.2) is 8.80 Å². The molecule has 0 aliphatic rings.